The lowest BCUT2D eigenvalue weighted by Gasteiger charge is -2.09. The first-order valence-corrected chi connectivity index (χ1v) is 8.54. The smallest absolute Gasteiger partial charge is 0.242 e. The van der Waals surface area contributed by atoms with Crippen molar-refractivity contribution < 1.29 is 8.42 Å². The van der Waals surface area contributed by atoms with Gasteiger partial charge in [-0.3, -0.25) is 4.98 Å². The summed E-state index contributed by atoms with van der Waals surface area (Å²) < 4.78 is 27.0. The van der Waals surface area contributed by atoms with E-state index in [-0.39, 0.29) is 15.6 Å². The Balaban J connectivity index is 2.12. The van der Waals surface area contributed by atoms with Crippen molar-refractivity contribution in [2.75, 3.05) is 6.54 Å². The van der Waals surface area contributed by atoms with Gasteiger partial charge in [0.25, 0.3) is 0 Å². The van der Waals surface area contributed by atoms with Crippen LogP contribution < -0.4 is 10.5 Å². The van der Waals surface area contributed by atoms with Gasteiger partial charge >= 0.3 is 0 Å². The average Bonchev–Trinajstić information content (AvgIpc) is 2.91. The van der Waals surface area contributed by atoms with Crippen molar-refractivity contribution in [3.63, 3.8) is 0 Å². The lowest BCUT2D eigenvalue weighted by atomic mass is 10.3. The second-order valence-electron chi connectivity index (χ2n) is 3.94. The van der Waals surface area contributed by atoms with E-state index < -0.39 is 10.0 Å². The van der Waals surface area contributed by atoms with Gasteiger partial charge in [0.1, 0.15) is 15.6 Å². The topological polar surface area (TPSA) is 85.1 Å². The maximum absolute atomic E-state index is 12.2. The second kappa shape index (κ2) is 6.40. The number of rotatable bonds is 6. The van der Waals surface area contributed by atoms with E-state index in [9.17, 15) is 8.42 Å². The number of aromatic nitrogens is 1. The Morgan fingerprint density at radius 3 is 2.85 bits per heavy atom. The number of hydrogen-bond acceptors (Lipinski definition) is 5. The van der Waals surface area contributed by atoms with Crippen LogP contribution in [-0.2, 0) is 16.4 Å². The minimum absolute atomic E-state index is 0.0127. The molecule has 0 aliphatic carbocycles. The molecule has 0 saturated carbocycles. The van der Waals surface area contributed by atoms with Gasteiger partial charge in [0.2, 0.25) is 10.0 Å². The lowest BCUT2D eigenvalue weighted by molar-refractivity contribution is 0.581. The van der Waals surface area contributed by atoms with Crippen molar-refractivity contribution in [3.05, 3.63) is 46.4 Å². The van der Waals surface area contributed by atoms with Gasteiger partial charge in [-0.1, -0.05) is 18.3 Å². The summed E-state index contributed by atoms with van der Waals surface area (Å²) >= 11 is 6.41. The van der Waals surface area contributed by atoms with Gasteiger partial charge in [-0.2, -0.15) is 0 Å². The third kappa shape index (κ3) is 3.60. The fourth-order valence-electron chi connectivity index (χ4n) is 1.63. The molecule has 3 N–H and O–H groups in total. The summed E-state index contributed by atoms with van der Waals surface area (Å²) in [4.78, 5) is 5.01. The number of nitrogens with zero attached hydrogens (tertiary/aromatic N) is 1. The molecular formula is C12H13N3O2S3. The van der Waals surface area contributed by atoms with Gasteiger partial charge in [-0.05, 0) is 30.0 Å². The molecular weight excluding hydrogens is 314 g/mol. The van der Waals surface area contributed by atoms with Crippen LogP contribution in [0.2, 0.25) is 0 Å². The molecule has 0 spiro atoms. The van der Waals surface area contributed by atoms with Crippen LogP contribution in [0.5, 0.6) is 0 Å². The van der Waals surface area contributed by atoms with Crippen LogP contribution in [0.3, 0.4) is 0 Å². The van der Waals surface area contributed by atoms with Crippen molar-refractivity contribution in [1.82, 2.24) is 9.71 Å². The van der Waals surface area contributed by atoms with Crippen LogP contribution in [0, 0.1) is 0 Å². The Kier molecular flexibility index (Phi) is 4.81. The third-order valence-corrected chi connectivity index (χ3v) is 5.16. The van der Waals surface area contributed by atoms with Crippen LogP contribution in [0.15, 0.2) is 40.7 Å². The zero-order valence-electron chi connectivity index (χ0n) is 10.4. The zero-order chi connectivity index (χ0) is 14.6. The highest BCUT2D eigenvalue weighted by molar-refractivity contribution is 7.89. The Labute approximate surface area is 126 Å². The molecule has 0 saturated heterocycles. The normalized spacial score (nSPS) is 11.4. The maximum Gasteiger partial charge on any atom is 0.242 e. The van der Waals surface area contributed by atoms with Crippen LogP contribution in [0.4, 0.5) is 0 Å². The number of hydrogen-bond donors (Lipinski definition) is 2. The van der Waals surface area contributed by atoms with Gasteiger partial charge in [-0.25, -0.2) is 13.1 Å². The van der Waals surface area contributed by atoms with E-state index in [1.165, 1.54) is 18.3 Å². The van der Waals surface area contributed by atoms with E-state index in [0.29, 0.717) is 13.0 Å². The van der Waals surface area contributed by atoms with Crippen LogP contribution in [-0.4, -0.2) is 24.9 Å². The first-order valence-electron chi connectivity index (χ1n) is 5.77. The summed E-state index contributed by atoms with van der Waals surface area (Å²) in [6.07, 6.45) is 2.10. The van der Waals surface area contributed by atoms with Crippen molar-refractivity contribution in [2.45, 2.75) is 11.3 Å². The molecule has 20 heavy (non-hydrogen) atoms. The molecule has 2 aromatic rings. The molecule has 0 aromatic carbocycles. The lowest BCUT2D eigenvalue weighted by Crippen LogP contribution is -2.28. The SMILES string of the molecule is NC(=S)c1ncccc1S(=O)(=O)NCCc1cccs1. The molecule has 0 aliphatic heterocycles. The molecule has 0 fully saturated rings. The van der Waals surface area contributed by atoms with E-state index in [4.69, 9.17) is 18.0 Å². The van der Waals surface area contributed by atoms with Crippen LogP contribution in [0.1, 0.15) is 10.6 Å². The Bertz CT molecular complexity index is 696. The molecule has 2 aromatic heterocycles. The van der Waals surface area contributed by atoms with Gasteiger partial charge in [-0.15, -0.1) is 11.3 Å². The average molecular weight is 327 g/mol. The molecule has 0 aliphatic rings. The highest BCUT2D eigenvalue weighted by atomic mass is 32.2. The molecule has 106 valence electrons. The highest BCUT2D eigenvalue weighted by Crippen LogP contribution is 2.13. The number of nitrogens with one attached hydrogen (secondary N) is 1. The molecule has 2 rings (SSSR count). The fourth-order valence-corrected chi connectivity index (χ4v) is 3.77. The molecule has 0 atom stereocenters. The van der Waals surface area contributed by atoms with Crippen LogP contribution >= 0.6 is 23.6 Å². The second-order valence-corrected chi connectivity index (χ2v) is 7.15. The van der Waals surface area contributed by atoms with E-state index >= 15 is 0 Å². The Hall–Kier alpha value is -1.35. The zero-order valence-corrected chi connectivity index (χ0v) is 12.9. The first kappa shape index (κ1) is 15.0. The Morgan fingerprint density at radius 2 is 2.20 bits per heavy atom. The minimum Gasteiger partial charge on any atom is -0.388 e. The number of pyridine rings is 1. The maximum atomic E-state index is 12.2. The molecule has 0 radical (unpaired) electrons. The van der Waals surface area contributed by atoms with E-state index in [1.54, 1.807) is 11.3 Å². The monoisotopic (exact) mass is 327 g/mol. The third-order valence-electron chi connectivity index (χ3n) is 2.54. The van der Waals surface area contributed by atoms with Crippen LogP contribution in [0.25, 0.3) is 0 Å². The van der Waals surface area contributed by atoms with Crippen molar-refractivity contribution in [3.8, 4) is 0 Å². The fraction of sp³-hybridized carbons (Fsp3) is 0.167. The molecule has 2 heterocycles. The van der Waals surface area contributed by atoms with Gasteiger partial charge in [0.05, 0.1) is 0 Å². The summed E-state index contributed by atoms with van der Waals surface area (Å²) in [6.45, 7) is 0.314. The Morgan fingerprint density at radius 1 is 1.40 bits per heavy atom. The molecule has 0 bridgehead atoms. The summed E-state index contributed by atoms with van der Waals surface area (Å²) in [5.74, 6) is 0. The number of nitrogens with two attached hydrogens (primary N) is 1. The quantitative estimate of drug-likeness (QED) is 0.781. The molecule has 0 unspecified atom stereocenters. The predicted molar refractivity (Wildman–Crippen MR) is 83.3 cm³/mol. The van der Waals surface area contributed by atoms with Gasteiger partial charge in [0.15, 0.2) is 0 Å². The molecule has 5 nitrogen and oxygen atoms in total. The summed E-state index contributed by atoms with van der Waals surface area (Å²) in [7, 11) is -3.66. The minimum atomic E-state index is -3.66. The van der Waals surface area contributed by atoms with Crippen molar-refractivity contribution >= 4 is 38.6 Å². The molecule has 8 heteroatoms. The number of sulfonamides is 1. The van der Waals surface area contributed by atoms with Crippen molar-refractivity contribution in [2.24, 2.45) is 5.73 Å². The first-order chi connectivity index (χ1) is 9.50. The van der Waals surface area contributed by atoms with E-state index in [0.717, 1.165) is 4.88 Å². The predicted octanol–water partition coefficient (Wildman–Crippen LogP) is 1.30. The van der Waals surface area contributed by atoms with E-state index in [1.807, 2.05) is 17.5 Å². The van der Waals surface area contributed by atoms with Gasteiger partial charge < -0.3 is 5.73 Å². The van der Waals surface area contributed by atoms with Gasteiger partial charge in [0, 0.05) is 17.6 Å². The highest BCUT2D eigenvalue weighted by Gasteiger charge is 2.20. The van der Waals surface area contributed by atoms with Crippen molar-refractivity contribution in [1.29, 1.82) is 0 Å². The summed E-state index contributed by atoms with van der Waals surface area (Å²) in [6, 6.07) is 6.87. The summed E-state index contributed by atoms with van der Waals surface area (Å²) in [5, 5.41) is 1.95. The number of thiocarbonyl (C=S) groups is 1. The molecule has 0 amide bonds. The number of thiophene rings is 1. The largest absolute Gasteiger partial charge is 0.388 e. The summed E-state index contributed by atoms with van der Waals surface area (Å²) in [5.41, 5.74) is 5.61. The standard InChI is InChI=1S/C12H13N3O2S3/c13-12(18)11-10(4-1-6-14-11)20(16,17)15-7-5-9-3-2-8-19-9/h1-4,6,8,15H,5,7H2,(H2,13,18). The van der Waals surface area contributed by atoms with E-state index in [2.05, 4.69) is 9.71 Å².